The quantitative estimate of drug-likeness (QED) is 0.169. The fraction of sp³-hybridized carbons (Fsp3) is 0.222. The molecule has 1 amide bonds. The second kappa shape index (κ2) is 13.0. The Labute approximate surface area is 279 Å². The van der Waals surface area contributed by atoms with Crippen LogP contribution >= 0.6 is 15.9 Å². The van der Waals surface area contributed by atoms with E-state index >= 15 is 0 Å². The number of nitrogens with zero attached hydrogens (tertiary/aromatic N) is 4. The van der Waals surface area contributed by atoms with Crippen LogP contribution in [0, 0.1) is 0 Å². The van der Waals surface area contributed by atoms with Crippen molar-refractivity contribution in [2.24, 2.45) is 4.99 Å². The van der Waals surface area contributed by atoms with Crippen molar-refractivity contribution < 1.29 is 28.6 Å². The van der Waals surface area contributed by atoms with Crippen molar-refractivity contribution in [3.8, 4) is 23.0 Å². The molecule has 5 aromatic rings. The Bertz CT molecular complexity index is 1910. The first kappa shape index (κ1) is 30.6. The minimum Gasteiger partial charge on any atom is -0.497 e. The van der Waals surface area contributed by atoms with Crippen molar-refractivity contribution >= 4 is 33.4 Å². The summed E-state index contributed by atoms with van der Waals surface area (Å²) in [4.78, 5) is 26.3. The molecule has 0 fully saturated rings. The summed E-state index contributed by atoms with van der Waals surface area (Å²) in [5.74, 6) is 2.23. The zero-order chi connectivity index (χ0) is 32.4. The standard InChI is InChI=1S/C36H31BrN4O6/c1-44-28-15-9-24(10-16-28)33-38-31(40-47-33)22-41-30-6-3-2-5-26(30)21-36(35(41)43)32(23-7-13-27(37)14-8-23)46-34(39-36)25-11-17-29(18-12-25)45-20-4-19-42/h2-3,5-18,32,42H,4,19-22H2,1H3/t32-,36-/m1/s1. The number of hydrogen-bond acceptors (Lipinski definition) is 9. The normalized spacial score (nSPS) is 18.5. The maximum Gasteiger partial charge on any atom is 0.260 e. The van der Waals surface area contributed by atoms with Crippen LogP contribution in [-0.4, -0.2) is 52.9 Å². The van der Waals surface area contributed by atoms with Gasteiger partial charge < -0.3 is 28.7 Å². The predicted octanol–water partition coefficient (Wildman–Crippen LogP) is 6.32. The van der Waals surface area contributed by atoms with Crippen molar-refractivity contribution in [1.82, 2.24) is 10.1 Å². The van der Waals surface area contributed by atoms with Crippen LogP contribution in [0.2, 0.25) is 0 Å². The van der Waals surface area contributed by atoms with E-state index in [0.29, 0.717) is 42.8 Å². The molecule has 2 atom stereocenters. The number of amides is 1. The van der Waals surface area contributed by atoms with Gasteiger partial charge in [-0.1, -0.05) is 51.4 Å². The number of hydrogen-bond donors (Lipinski definition) is 1. The molecule has 0 saturated heterocycles. The molecule has 0 unspecified atom stereocenters. The predicted molar refractivity (Wildman–Crippen MR) is 178 cm³/mol. The second-order valence-electron chi connectivity index (χ2n) is 11.3. The first-order valence-corrected chi connectivity index (χ1v) is 16.0. The lowest BCUT2D eigenvalue weighted by molar-refractivity contribution is -0.127. The van der Waals surface area contributed by atoms with Gasteiger partial charge in [-0.25, -0.2) is 4.99 Å². The molecular weight excluding hydrogens is 664 g/mol. The minimum absolute atomic E-state index is 0.0625. The lowest BCUT2D eigenvalue weighted by Gasteiger charge is -2.40. The van der Waals surface area contributed by atoms with Crippen molar-refractivity contribution in [2.45, 2.75) is 31.0 Å². The van der Waals surface area contributed by atoms with Crippen molar-refractivity contribution in [3.05, 3.63) is 124 Å². The van der Waals surface area contributed by atoms with E-state index < -0.39 is 11.6 Å². The minimum atomic E-state index is -1.30. The first-order valence-electron chi connectivity index (χ1n) is 15.2. The van der Waals surface area contributed by atoms with Gasteiger partial charge in [0, 0.05) is 40.7 Å². The van der Waals surface area contributed by atoms with E-state index in [2.05, 4.69) is 26.1 Å². The maximum atomic E-state index is 14.9. The summed E-state index contributed by atoms with van der Waals surface area (Å²) in [6, 6.07) is 30.3. The smallest absolute Gasteiger partial charge is 0.260 e. The van der Waals surface area contributed by atoms with Gasteiger partial charge in [0.15, 0.2) is 17.5 Å². The number of carbonyl (C=O) groups is 1. The summed E-state index contributed by atoms with van der Waals surface area (Å²) in [6.07, 6.45) is 0.186. The molecule has 0 bridgehead atoms. The molecular formula is C36H31BrN4O6. The van der Waals surface area contributed by atoms with E-state index in [1.54, 1.807) is 12.0 Å². The third-order valence-electron chi connectivity index (χ3n) is 8.27. The number of carbonyl (C=O) groups excluding carboxylic acids is 1. The number of rotatable bonds is 10. The number of aliphatic hydroxyl groups is 1. The monoisotopic (exact) mass is 694 g/mol. The number of halogens is 1. The number of methoxy groups -OCH3 is 1. The highest BCUT2D eigenvalue weighted by Crippen LogP contribution is 2.48. The molecule has 2 aliphatic rings. The molecule has 47 heavy (non-hydrogen) atoms. The fourth-order valence-electron chi connectivity index (χ4n) is 5.93. The van der Waals surface area contributed by atoms with Crippen LogP contribution < -0.4 is 14.4 Å². The van der Waals surface area contributed by atoms with E-state index in [-0.39, 0.29) is 19.1 Å². The lowest BCUT2D eigenvalue weighted by Crippen LogP contribution is -2.55. The summed E-state index contributed by atoms with van der Waals surface area (Å²) in [6.45, 7) is 0.551. The number of aromatic nitrogens is 2. The number of fused-ring (bicyclic) bond motifs is 1. The molecule has 0 aliphatic carbocycles. The van der Waals surface area contributed by atoms with Crippen molar-refractivity contribution in [3.63, 3.8) is 0 Å². The topological polar surface area (TPSA) is 120 Å². The van der Waals surface area contributed by atoms with E-state index in [4.69, 9.17) is 28.8 Å². The first-order chi connectivity index (χ1) is 23.0. The SMILES string of the molecule is COc1ccc(-c2nc(CN3C(=O)[C@]4(Cc5ccccc53)N=C(c3ccc(OCCCO)cc3)O[C@@H]4c3ccc(Br)cc3)no2)cc1. The Balaban J connectivity index is 1.26. The number of ether oxygens (including phenoxy) is 3. The second-order valence-corrected chi connectivity index (χ2v) is 12.2. The Morgan fingerprint density at radius 1 is 0.957 bits per heavy atom. The number of aliphatic hydroxyl groups excluding tert-OH is 1. The highest BCUT2D eigenvalue weighted by molar-refractivity contribution is 9.10. The maximum absolute atomic E-state index is 14.9. The average Bonchev–Trinajstić information content (AvgIpc) is 3.73. The molecule has 238 valence electrons. The van der Waals surface area contributed by atoms with Crippen molar-refractivity contribution in [2.75, 3.05) is 25.2 Å². The zero-order valence-electron chi connectivity index (χ0n) is 25.5. The van der Waals surface area contributed by atoms with Crippen LogP contribution in [-0.2, 0) is 22.5 Å². The van der Waals surface area contributed by atoms with Crippen LogP contribution in [0.4, 0.5) is 5.69 Å². The Morgan fingerprint density at radius 2 is 1.68 bits per heavy atom. The molecule has 0 radical (unpaired) electrons. The highest BCUT2D eigenvalue weighted by Gasteiger charge is 2.57. The van der Waals surface area contributed by atoms with E-state index in [9.17, 15) is 4.79 Å². The van der Waals surface area contributed by atoms with Crippen LogP contribution in [0.1, 0.15) is 35.0 Å². The molecule has 10 nitrogen and oxygen atoms in total. The third-order valence-corrected chi connectivity index (χ3v) is 8.80. The van der Waals surface area contributed by atoms with E-state index in [0.717, 1.165) is 38.2 Å². The number of benzene rings is 4. The summed E-state index contributed by atoms with van der Waals surface area (Å²) < 4.78 is 24.1. The summed E-state index contributed by atoms with van der Waals surface area (Å²) in [5.41, 5.74) is 2.71. The van der Waals surface area contributed by atoms with Crippen LogP contribution in [0.3, 0.4) is 0 Å². The van der Waals surface area contributed by atoms with Gasteiger partial charge in [0.05, 0.1) is 20.3 Å². The molecule has 1 spiro atoms. The van der Waals surface area contributed by atoms with Gasteiger partial charge in [-0.3, -0.25) is 4.79 Å². The van der Waals surface area contributed by atoms with Gasteiger partial charge >= 0.3 is 0 Å². The van der Waals surface area contributed by atoms with E-state index in [1.807, 2.05) is 97.1 Å². The van der Waals surface area contributed by atoms with Gasteiger partial charge in [-0.15, -0.1) is 0 Å². The van der Waals surface area contributed by atoms with Gasteiger partial charge in [-0.2, -0.15) is 4.98 Å². The molecule has 4 aromatic carbocycles. The number of para-hydroxylation sites is 1. The van der Waals surface area contributed by atoms with Crippen LogP contribution in [0.25, 0.3) is 11.5 Å². The highest BCUT2D eigenvalue weighted by atomic mass is 79.9. The lowest BCUT2D eigenvalue weighted by atomic mass is 9.78. The molecule has 1 N–H and O–H groups in total. The largest absolute Gasteiger partial charge is 0.497 e. The van der Waals surface area contributed by atoms with Gasteiger partial charge in [-0.05, 0) is 77.9 Å². The Morgan fingerprint density at radius 3 is 2.43 bits per heavy atom. The molecule has 0 saturated carbocycles. The number of anilines is 1. The molecule has 2 aliphatic heterocycles. The zero-order valence-corrected chi connectivity index (χ0v) is 27.1. The fourth-order valence-corrected chi connectivity index (χ4v) is 6.19. The third kappa shape index (κ3) is 5.99. The summed E-state index contributed by atoms with van der Waals surface area (Å²) >= 11 is 3.53. The Hall–Kier alpha value is -5.00. The van der Waals surface area contributed by atoms with Gasteiger partial charge in [0.25, 0.3) is 11.8 Å². The molecule has 7 rings (SSSR count). The molecule has 1 aromatic heterocycles. The van der Waals surface area contributed by atoms with Gasteiger partial charge in [0.1, 0.15) is 11.5 Å². The molecule has 11 heteroatoms. The van der Waals surface area contributed by atoms with Gasteiger partial charge in [0.2, 0.25) is 5.90 Å². The Kier molecular flexibility index (Phi) is 8.48. The summed E-state index contributed by atoms with van der Waals surface area (Å²) in [7, 11) is 1.61. The summed E-state index contributed by atoms with van der Waals surface area (Å²) in [5, 5.41) is 13.3. The number of aliphatic imine (C=N–C) groups is 1. The van der Waals surface area contributed by atoms with E-state index in [1.165, 1.54) is 0 Å². The van der Waals surface area contributed by atoms with Crippen LogP contribution in [0.15, 0.2) is 111 Å². The molecule has 3 heterocycles. The average molecular weight is 696 g/mol. The van der Waals surface area contributed by atoms with Crippen LogP contribution in [0.5, 0.6) is 11.5 Å². The van der Waals surface area contributed by atoms with Crippen molar-refractivity contribution in [1.29, 1.82) is 0 Å².